The largest absolute Gasteiger partial charge is 0.493 e. The third-order valence-corrected chi connectivity index (χ3v) is 5.21. The Morgan fingerprint density at radius 3 is 2.39 bits per heavy atom. The monoisotopic (exact) mass is 404 g/mol. The van der Waals surface area contributed by atoms with Crippen LogP contribution < -0.4 is 14.8 Å². The van der Waals surface area contributed by atoms with Crippen molar-refractivity contribution in [1.82, 2.24) is 5.32 Å². The first kappa shape index (κ1) is 21.6. The number of nitrogens with one attached hydrogen (secondary N) is 1. The number of methoxy groups -OCH3 is 2. The van der Waals surface area contributed by atoms with Gasteiger partial charge in [0.05, 0.1) is 30.9 Å². The summed E-state index contributed by atoms with van der Waals surface area (Å²) in [6.45, 7) is 2.01. The normalized spacial score (nSPS) is 11.5. The second kappa shape index (κ2) is 10.6. The Morgan fingerprint density at radius 1 is 1.14 bits per heavy atom. The molecule has 1 amide bonds. The zero-order valence-electron chi connectivity index (χ0n) is 16.1. The van der Waals surface area contributed by atoms with E-state index in [9.17, 15) is 14.9 Å². The molecule has 2 rings (SSSR count). The average molecular weight is 404 g/mol. The molecule has 1 atom stereocenters. The van der Waals surface area contributed by atoms with Crippen LogP contribution in [-0.2, 0) is 10.5 Å². The number of hydrogen-bond donors (Lipinski definition) is 1. The molecule has 0 fully saturated rings. The number of carbonyl (C=O) groups excluding carboxylic acids is 1. The van der Waals surface area contributed by atoms with Crippen molar-refractivity contribution in [3.8, 4) is 11.5 Å². The van der Waals surface area contributed by atoms with Crippen LogP contribution in [0.1, 0.15) is 30.5 Å². The van der Waals surface area contributed by atoms with E-state index in [2.05, 4.69) is 5.32 Å². The minimum absolute atomic E-state index is 0.0615. The molecule has 28 heavy (non-hydrogen) atoms. The molecule has 0 aromatic heterocycles. The van der Waals surface area contributed by atoms with Crippen LogP contribution >= 0.6 is 11.8 Å². The van der Waals surface area contributed by atoms with E-state index in [1.807, 2.05) is 25.1 Å². The van der Waals surface area contributed by atoms with Gasteiger partial charge in [0.25, 0.3) is 5.69 Å². The molecular formula is C20H24N2O5S. The van der Waals surface area contributed by atoms with Gasteiger partial charge in [-0.05, 0) is 29.7 Å². The van der Waals surface area contributed by atoms with Crippen LogP contribution in [0, 0.1) is 10.1 Å². The van der Waals surface area contributed by atoms with Gasteiger partial charge >= 0.3 is 0 Å². The van der Waals surface area contributed by atoms with Crippen molar-refractivity contribution >= 4 is 23.4 Å². The van der Waals surface area contributed by atoms with E-state index in [1.165, 1.54) is 23.9 Å². The molecule has 1 N–H and O–H groups in total. The van der Waals surface area contributed by atoms with E-state index in [1.54, 1.807) is 26.4 Å². The number of rotatable bonds is 10. The average Bonchev–Trinajstić information content (AvgIpc) is 2.71. The van der Waals surface area contributed by atoms with Crippen molar-refractivity contribution in [1.29, 1.82) is 0 Å². The maximum atomic E-state index is 12.3. The summed E-state index contributed by atoms with van der Waals surface area (Å²) < 4.78 is 10.6. The lowest BCUT2D eigenvalue weighted by Gasteiger charge is -2.19. The fourth-order valence-electron chi connectivity index (χ4n) is 2.70. The molecule has 7 nitrogen and oxygen atoms in total. The zero-order valence-corrected chi connectivity index (χ0v) is 17.0. The van der Waals surface area contributed by atoms with Gasteiger partial charge in [0.1, 0.15) is 0 Å². The highest BCUT2D eigenvalue weighted by Gasteiger charge is 2.15. The Hall–Kier alpha value is -2.74. The molecule has 0 bridgehead atoms. The molecular weight excluding hydrogens is 380 g/mol. The Kier molecular flexibility index (Phi) is 8.13. The number of hydrogen-bond acceptors (Lipinski definition) is 6. The fraction of sp³-hybridized carbons (Fsp3) is 0.350. The second-order valence-electron chi connectivity index (χ2n) is 6.06. The maximum absolute atomic E-state index is 12.3. The van der Waals surface area contributed by atoms with E-state index in [0.717, 1.165) is 17.5 Å². The summed E-state index contributed by atoms with van der Waals surface area (Å²) in [5.41, 5.74) is 1.96. The Labute approximate surface area is 168 Å². The van der Waals surface area contributed by atoms with Crippen molar-refractivity contribution < 1.29 is 19.2 Å². The van der Waals surface area contributed by atoms with Crippen LogP contribution in [0.3, 0.4) is 0 Å². The first-order chi connectivity index (χ1) is 13.5. The summed E-state index contributed by atoms with van der Waals surface area (Å²) in [6.07, 6.45) is 0.744. The lowest BCUT2D eigenvalue weighted by Crippen LogP contribution is -2.29. The molecule has 0 unspecified atom stereocenters. The number of carbonyl (C=O) groups is 1. The van der Waals surface area contributed by atoms with Gasteiger partial charge < -0.3 is 14.8 Å². The summed E-state index contributed by atoms with van der Waals surface area (Å²) in [7, 11) is 3.16. The number of nitro groups is 1. The molecule has 0 radical (unpaired) electrons. The molecule has 150 valence electrons. The highest BCUT2D eigenvalue weighted by molar-refractivity contribution is 7.99. The molecule has 0 heterocycles. The SMILES string of the molecule is CC[C@@H](NC(=O)CSCc1ccc([N+](=O)[O-])cc1)c1ccc(OC)c(OC)c1. The number of ether oxygens (including phenoxy) is 2. The predicted octanol–water partition coefficient (Wildman–Crippen LogP) is 4.11. The summed E-state index contributed by atoms with van der Waals surface area (Å²) in [5.74, 6) is 2.12. The maximum Gasteiger partial charge on any atom is 0.269 e. The van der Waals surface area contributed by atoms with Gasteiger partial charge in [0, 0.05) is 17.9 Å². The Bertz CT molecular complexity index is 811. The summed E-state index contributed by atoms with van der Waals surface area (Å²) >= 11 is 1.46. The number of nitrogens with zero attached hydrogens (tertiary/aromatic N) is 1. The van der Waals surface area contributed by atoms with Crippen LogP contribution in [-0.4, -0.2) is 30.8 Å². The predicted molar refractivity (Wildman–Crippen MR) is 110 cm³/mol. The molecule has 0 saturated heterocycles. The molecule has 8 heteroatoms. The summed E-state index contributed by atoms with van der Waals surface area (Å²) in [4.78, 5) is 22.6. The van der Waals surface area contributed by atoms with Gasteiger partial charge in [-0.1, -0.05) is 25.1 Å². The second-order valence-corrected chi connectivity index (χ2v) is 7.04. The van der Waals surface area contributed by atoms with Gasteiger partial charge in [0.15, 0.2) is 11.5 Å². The minimum Gasteiger partial charge on any atom is -0.493 e. The van der Waals surface area contributed by atoms with E-state index < -0.39 is 4.92 Å². The van der Waals surface area contributed by atoms with Gasteiger partial charge in [-0.3, -0.25) is 14.9 Å². The summed E-state index contributed by atoms with van der Waals surface area (Å²) in [5, 5.41) is 13.7. The number of thioether (sulfide) groups is 1. The Balaban J connectivity index is 1.89. The molecule has 0 aliphatic rings. The van der Waals surface area contributed by atoms with Crippen LogP contribution in [0.5, 0.6) is 11.5 Å². The van der Waals surface area contributed by atoms with Gasteiger partial charge in [-0.25, -0.2) is 0 Å². The van der Waals surface area contributed by atoms with E-state index >= 15 is 0 Å². The topological polar surface area (TPSA) is 90.7 Å². The number of benzene rings is 2. The smallest absolute Gasteiger partial charge is 0.269 e. The first-order valence-corrected chi connectivity index (χ1v) is 9.96. The fourth-order valence-corrected chi connectivity index (χ4v) is 3.50. The number of amides is 1. The molecule has 2 aromatic rings. The van der Waals surface area contributed by atoms with Crippen molar-refractivity contribution in [2.24, 2.45) is 0 Å². The number of nitro benzene ring substituents is 1. The quantitative estimate of drug-likeness (QED) is 0.473. The number of non-ortho nitro benzene ring substituents is 1. The molecule has 0 saturated carbocycles. The molecule has 0 aliphatic heterocycles. The van der Waals surface area contributed by atoms with Gasteiger partial charge in [-0.2, -0.15) is 0 Å². The minimum atomic E-state index is -0.427. The van der Waals surface area contributed by atoms with Gasteiger partial charge in [-0.15, -0.1) is 11.8 Å². The Morgan fingerprint density at radius 2 is 1.82 bits per heavy atom. The lowest BCUT2D eigenvalue weighted by molar-refractivity contribution is -0.384. The molecule has 0 aliphatic carbocycles. The van der Waals surface area contributed by atoms with Crippen molar-refractivity contribution in [2.75, 3.05) is 20.0 Å². The third kappa shape index (κ3) is 5.88. The van der Waals surface area contributed by atoms with Gasteiger partial charge in [0.2, 0.25) is 5.91 Å². The lowest BCUT2D eigenvalue weighted by atomic mass is 10.0. The molecule has 0 spiro atoms. The van der Waals surface area contributed by atoms with Crippen molar-refractivity contribution in [3.63, 3.8) is 0 Å². The highest BCUT2D eigenvalue weighted by Crippen LogP contribution is 2.31. The third-order valence-electron chi connectivity index (χ3n) is 4.20. The zero-order chi connectivity index (χ0) is 20.5. The van der Waals surface area contributed by atoms with E-state index in [4.69, 9.17) is 9.47 Å². The van der Waals surface area contributed by atoms with Crippen molar-refractivity contribution in [3.05, 3.63) is 63.7 Å². The van der Waals surface area contributed by atoms with Crippen LogP contribution in [0.4, 0.5) is 5.69 Å². The van der Waals surface area contributed by atoms with Crippen molar-refractivity contribution in [2.45, 2.75) is 25.1 Å². The van der Waals surface area contributed by atoms with Crippen LogP contribution in [0.25, 0.3) is 0 Å². The van der Waals surface area contributed by atoms with E-state index in [0.29, 0.717) is 23.0 Å². The highest BCUT2D eigenvalue weighted by atomic mass is 32.2. The first-order valence-electron chi connectivity index (χ1n) is 8.80. The van der Waals surface area contributed by atoms with Crippen LogP contribution in [0.15, 0.2) is 42.5 Å². The molecule has 2 aromatic carbocycles. The standard InChI is InChI=1S/C20H24N2O5S/c1-4-17(15-7-10-18(26-2)19(11-15)27-3)21-20(23)13-28-12-14-5-8-16(9-6-14)22(24)25/h5-11,17H,4,12-13H2,1-3H3,(H,21,23)/t17-/m1/s1. The van der Waals surface area contributed by atoms with Crippen LogP contribution in [0.2, 0.25) is 0 Å². The summed E-state index contributed by atoms with van der Waals surface area (Å²) in [6, 6.07) is 11.9. The van der Waals surface area contributed by atoms with E-state index in [-0.39, 0.29) is 17.6 Å².